The zero-order valence-electron chi connectivity index (χ0n) is 10.7. The number of benzene rings is 2. The van der Waals surface area contributed by atoms with Crippen LogP contribution in [-0.2, 0) is 0 Å². The van der Waals surface area contributed by atoms with Crippen LogP contribution >= 0.6 is 0 Å². The van der Waals surface area contributed by atoms with Gasteiger partial charge in [0, 0.05) is 12.7 Å². The maximum atomic E-state index is 13.8. The Bertz CT molecular complexity index is 585. The number of hydrogen-bond acceptors (Lipinski definition) is 3. The van der Waals surface area contributed by atoms with Gasteiger partial charge in [0.05, 0.1) is 12.8 Å². The Balaban J connectivity index is 2.43. The van der Waals surface area contributed by atoms with Gasteiger partial charge in [0.25, 0.3) is 0 Å². The van der Waals surface area contributed by atoms with E-state index in [2.05, 4.69) is 0 Å². The summed E-state index contributed by atoms with van der Waals surface area (Å²) < 4.78 is 32.1. The minimum Gasteiger partial charge on any atom is -0.497 e. The molecular formula is C14H14F2N2O. The number of rotatable bonds is 3. The molecule has 0 radical (unpaired) electrons. The normalized spacial score (nSPS) is 10.3. The van der Waals surface area contributed by atoms with E-state index in [1.165, 1.54) is 11.0 Å². The molecule has 0 atom stereocenters. The Labute approximate surface area is 110 Å². The Hall–Kier alpha value is -2.30. The SMILES string of the molecule is COc1ccc(N(C)c2c(N)ccc(F)c2F)cc1. The molecule has 0 saturated heterocycles. The van der Waals surface area contributed by atoms with E-state index < -0.39 is 11.6 Å². The van der Waals surface area contributed by atoms with Crippen LogP contribution in [0, 0.1) is 11.6 Å². The zero-order chi connectivity index (χ0) is 14.0. The van der Waals surface area contributed by atoms with Crippen molar-refractivity contribution in [2.24, 2.45) is 0 Å². The number of hydrogen-bond donors (Lipinski definition) is 1. The largest absolute Gasteiger partial charge is 0.497 e. The number of halogens is 2. The van der Waals surface area contributed by atoms with Crippen molar-refractivity contribution in [3.63, 3.8) is 0 Å². The summed E-state index contributed by atoms with van der Waals surface area (Å²) in [5.41, 5.74) is 6.59. The molecule has 100 valence electrons. The molecule has 0 saturated carbocycles. The van der Waals surface area contributed by atoms with E-state index in [0.29, 0.717) is 11.4 Å². The van der Waals surface area contributed by atoms with Gasteiger partial charge in [0.1, 0.15) is 11.4 Å². The highest BCUT2D eigenvalue weighted by Crippen LogP contribution is 2.33. The van der Waals surface area contributed by atoms with E-state index in [1.54, 1.807) is 38.4 Å². The maximum absolute atomic E-state index is 13.8. The Morgan fingerprint density at radius 2 is 1.68 bits per heavy atom. The second kappa shape index (κ2) is 5.14. The first kappa shape index (κ1) is 13.1. The van der Waals surface area contributed by atoms with E-state index in [0.717, 1.165) is 6.07 Å². The highest BCUT2D eigenvalue weighted by Gasteiger charge is 2.16. The maximum Gasteiger partial charge on any atom is 0.184 e. The minimum atomic E-state index is -0.960. The average molecular weight is 264 g/mol. The summed E-state index contributed by atoms with van der Waals surface area (Å²) in [5, 5.41) is 0. The average Bonchev–Trinajstić information content (AvgIpc) is 2.43. The lowest BCUT2D eigenvalue weighted by molar-refractivity contribution is 0.415. The number of nitrogens with zero attached hydrogens (tertiary/aromatic N) is 1. The highest BCUT2D eigenvalue weighted by molar-refractivity contribution is 5.75. The van der Waals surface area contributed by atoms with Crippen LogP contribution in [0.1, 0.15) is 0 Å². The van der Waals surface area contributed by atoms with Crippen molar-refractivity contribution in [1.82, 2.24) is 0 Å². The lowest BCUT2D eigenvalue weighted by atomic mass is 10.2. The molecule has 0 amide bonds. The summed E-state index contributed by atoms with van der Waals surface area (Å²) in [4.78, 5) is 1.49. The number of nitrogen functional groups attached to an aromatic ring is 1. The minimum absolute atomic E-state index is 0.0187. The summed E-state index contributed by atoms with van der Waals surface area (Å²) in [6.07, 6.45) is 0. The van der Waals surface area contributed by atoms with Crippen molar-refractivity contribution in [1.29, 1.82) is 0 Å². The monoisotopic (exact) mass is 264 g/mol. The van der Waals surface area contributed by atoms with E-state index in [-0.39, 0.29) is 11.4 Å². The van der Waals surface area contributed by atoms with Gasteiger partial charge in [-0.15, -0.1) is 0 Å². The summed E-state index contributed by atoms with van der Waals surface area (Å²) in [7, 11) is 3.18. The van der Waals surface area contributed by atoms with E-state index in [1.807, 2.05) is 0 Å². The number of anilines is 3. The third kappa shape index (κ3) is 2.45. The van der Waals surface area contributed by atoms with Crippen molar-refractivity contribution in [2.75, 3.05) is 24.8 Å². The van der Waals surface area contributed by atoms with E-state index in [4.69, 9.17) is 10.5 Å². The molecule has 5 heteroatoms. The number of nitrogens with two attached hydrogens (primary N) is 1. The molecule has 0 fully saturated rings. The fourth-order valence-electron chi connectivity index (χ4n) is 1.83. The van der Waals surface area contributed by atoms with Crippen molar-refractivity contribution >= 4 is 17.1 Å². The van der Waals surface area contributed by atoms with Crippen LogP contribution in [0.3, 0.4) is 0 Å². The second-order valence-electron chi connectivity index (χ2n) is 4.06. The van der Waals surface area contributed by atoms with Crippen LogP contribution in [0.2, 0.25) is 0 Å². The van der Waals surface area contributed by atoms with Crippen LogP contribution < -0.4 is 15.4 Å². The lowest BCUT2D eigenvalue weighted by Gasteiger charge is -2.22. The molecule has 3 nitrogen and oxygen atoms in total. The summed E-state index contributed by atoms with van der Waals surface area (Å²) in [6, 6.07) is 9.30. The smallest absolute Gasteiger partial charge is 0.184 e. The van der Waals surface area contributed by atoms with Crippen LogP contribution in [0.15, 0.2) is 36.4 Å². The fourth-order valence-corrected chi connectivity index (χ4v) is 1.83. The first-order valence-corrected chi connectivity index (χ1v) is 5.66. The van der Waals surface area contributed by atoms with Crippen LogP contribution in [0.5, 0.6) is 5.75 Å². The second-order valence-corrected chi connectivity index (χ2v) is 4.06. The van der Waals surface area contributed by atoms with Gasteiger partial charge in [-0.1, -0.05) is 0 Å². The van der Waals surface area contributed by atoms with Gasteiger partial charge >= 0.3 is 0 Å². The van der Waals surface area contributed by atoms with E-state index >= 15 is 0 Å². The fraction of sp³-hybridized carbons (Fsp3) is 0.143. The van der Waals surface area contributed by atoms with Crippen molar-refractivity contribution in [3.05, 3.63) is 48.0 Å². The molecule has 0 heterocycles. The summed E-state index contributed by atoms with van der Waals surface area (Å²) in [6.45, 7) is 0. The van der Waals surface area contributed by atoms with Gasteiger partial charge in [0.15, 0.2) is 11.6 Å². The molecule has 0 aliphatic rings. The molecular weight excluding hydrogens is 250 g/mol. The van der Waals surface area contributed by atoms with Gasteiger partial charge in [0.2, 0.25) is 0 Å². The third-order valence-corrected chi connectivity index (χ3v) is 2.90. The zero-order valence-corrected chi connectivity index (χ0v) is 10.7. The van der Waals surface area contributed by atoms with Crippen molar-refractivity contribution < 1.29 is 13.5 Å². The van der Waals surface area contributed by atoms with Crippen LogP contribution in [-0.4, -0.2) is 14.2 Å². The summed E-state index contributed by atoms with van der Waals surface area (Å²) in [5.74, 6) is -1.20. The molecule has 2 aromatic carbocycles. The molecule has 2 N–H and O–H groups in total. The third-order valence-electron chi connectivity index (χ3n) is 2.90. The molecule has 0 aliphatic heterocycles. The van der Waals surface area contributed by atoms with Gasteiger partial charge < -0.3 is 15.4 Å². The van der Waals surface area contributed by atoms with Crippen molar-refractivity contribution in [3.8, 4) is 5.75 Å². The molecule has 0 aliphatic carbocycles. The topological polar surface area (TPSA) is 38.5 Å². The van der Waals surface area contributed by atoms with Gasteiger partial charge in [-0.25, -0.2) is 8.78 Å². The molecule has 19 heavy (non-hydrogen) atoms. The number of ether oxygens (including phenoxy) is 1. The quantitative estimate of drug-likeness (QED) is 0.864. The molecule has 0 bridgehead atoms. The van der Waals surface area contributed by atoms with Gasteiger partial charge in [-0.3, -0.25) is 0 Å². The highest BCUT2D eigenvalue weighted by atomic mass is 19.2. The van der Waals surface area contributed by atoms with Gasteiger partial charge in [-0.2, -0.15) is 0 Å². The predicted molar refractivity (Wildman–Crippen MR) is 71.8 cm³/mol. The van der Waals surface area contributed by atoms with Crippen LogP contribution in [0.25, 0.3) is 0 Å². The Morgan fingerprint density at radius 3 is 2.26 bits per heavy atom. The lowest BCUT2D eigenvalue weighted by Crippen LogP contribution is -2.14. The number of methoxy groups -OCH3 is 1. The Morgan fingerprint density at radius 1 is 1.05 bits per heavy atom. The molecule has 0 spiro atoms. The molecule has 0 unspecified atom stereocenters. The molecule has 0 aromatic heterocycles. The first-order chi connectivity index (χ1) is 9.04. The standard InChI is InChI=1S/C14H14F2N2O/c1-18(9-3-5-10(19-2)6-4-9)14-12(17)8-7-11(15)13(14)16/h3-8H,17H2,1-2H3. The molecule has 2 rings (SSSR count). The first-order valence-electron chi connectivity index (χ1n) is 5.66. The van der Waals surface area contributed by atoms with Gasteiger partial charge in [-0.05, 0) is 36.4 Å². The molecule has 2 aromatic rings. The van der Waals surface area contributed by atoms with E-state index in [9.17, 15) is 8.78 Å². The van der Waals surface area contributed by atoms with Crippen LogP contribution in [0.4, 0.5) is 25.8 Å². The van der Waals surface area contributed by atoms with Crippen molar-refractivity contribution in [2.45, 2.75) is 0 Å². The Kier molecular flexibility index (Phi) is 3.55. The summed E-state index contributed by atoms with van der Waals surface area (Å²) >= 11 is 0. The predicted octanol–water partition coefficient (Wildman–Crippen LogP) is 3.32.